The van der Waals surface area contributed by atoms with Gasteiger partial charge in [0.1, 0.15) is 11.6 Å². The van der Waals surface area contributed by atoms with Gasteiger partial charge >= 0.3 is 5.97 Å². The summed E-state index contributed by atoms with van der Waals surface area (Å²) in [7, 11) is -0.160. The van der Waals surface area contributed by atoms with E-state index in [0.717, 1.165) is 28.2 Å². The number of aromatic nitrogens is 1. The third kappa shape index (κ3) is 3.82. The number of hydrogen-bond donors (Lipinski definition) is 0. The van der Waals surface area contributed by atoms with Crippen molar-refractivity contribution in [2.24, 2.45) is 0 Å². The molecule has 0 spiro atoms. The van der Waals surface area contributed by atoms with Gasteiger partial charge in [-0.3, -0.25) is 4.79 Å². The molecule has 0 saturated carbocycles. The molecule has 0 aliphatic carbocycles. The van der Waals surface area contributed by atoms with Crippen molar-refractivity contribution in [3.05, 3.63) is 71.0 Å². The number of hydrogen-bond acceptors (Lipinski definition) is 7. The second-order valence-corrected chi connectivity index (χ2v) is 10.3. The summed E-state index contributed by atoms with van der Waals surface area (Å²) in [6.45, 7) is 0.842. The van der Waals surface area contributed by atoms with Gasteiger partial charge < -0.3 is 19.1 Å². The number of rotatable bonds is 7. The molecule has 0 saturated heterocycles. The van der Waals surface area contributed by atoms with E-state index in [-0.39, 0.29) is 33.9 Å². The smallest absolute Gasteiger partial charge is 0.340 e. The van der Waals surface area contributed by atoms with Gasteiger partial charge in [0, 0.05) is 31.0 Å². The van der Waals surface area contributed by atoms with Gasteiger partial charge in [-0.25, -0.2) is 21.6 Å². The van der Waals surface area contributed by atoms with Crippen LogP contribution >= 0.6 is 0 Å². The monoisotopic (exact) mass is 526 g/mol. The van der Waals surface area contributed by atoms with Gasteiger partial charge in [0.05, 0.1) is 47.9 Å². The third-order valence-electron chi connectivity index (χ3n) is 6.46. The van der Waals surface area contributed by atoms with Crippen molar-refractivity contribution < 1.29 is 36.6 Å². The predicted molar refractivity (Wildman–Crippen MR) is 133 cm³/mol. The molecule has 5 rings (SSSR count). The number of carbonyl (C=O) groups is 2. The van der Waals surface area contributed by atoms with Crippen LogP contribution in [0.15, 0.2) is 53.4 Å². The lowest BCUT2D eigenvalue weighted by Gasteiger charge is -2.14. The summed E-state index contributed by atoms with van der Waals surface area (Å²) < 4.78 is 58.1. The Morgan fingerprint density at radius 1 is 1.05 bits per heavy atom. The van der Waals surface area contributed by atoms with Crippen molar-refractivity contribution >= 4 is 43.7 Å². The molecule has 3 aromatic carbocycles. The van der Waals surface area contributed by atoms with Gasteiger partial charge in [-0.2, -0.15) is 0 Å². The molecular formula is C26H23FN2O7S. The first-order valence-corrected chi connectivity index (χ1v) is 12.7. The fourth-order valence-corrected chi connectivity index (χ4v) is 6.29. The second kappa shape index (κ2) is 9.16. The molecule has 9 nitrogen and oxygen atoms in total. The molecule has 1 aliphatic heterocycles. The van der Waals surface area contributed by atoms with E-state index in [2.05, 4.69) is 0 Å². The molecule has 1 aromatic heterocycles. The Morgan fingerprint density at radius 3 is 2.43 bits per heavy atom. The number of carbonyl (C=O) groups excluding carboxylic acids is 2. The number of esters is 1. The van der Waals surface area contributed by atoms with Crippen LogP contribution in [0.2, 0.25) is 0 Å². The topological polar surface area (TPSA) is 104 Å². The Kier molecular flexibility index (Phi) is 6.12. The first-order chi connectivity index (χ1) is 17.7. The largest absolute Gasteiger partial charge is 0.497 e. The molecule has 0 radical (unpaired) electrons. The van der Waals surface area contributed by atoms with Gasteiger partial charge in [0.2, 0.25) is 0 Å². The first kappa shape index (κ1) is 24.7. The number of fused-ring (bicyclic) bond motifs is 5. The fraction of sp³-hybridized carbons (Fsp3) is 0.231. The van der Waals surface area contributed by atoms with Crippen LogP contribution in [0.5, 0.6) is 5.75 Å². The normalized spacial score (nSPS) is 13.4. The minimum Gasteiger partial charge on any atom is -0.497 e. The average Bonchev–Trinajstić information content (AvgIpc) is 3.40. The number of benzene rings is 3. The lowest BCUT2D eigenvalue weighted by atomic mass is 9.98. The molecule has 0 atom stereocenters. The van der Waals surface area contributed by atoms with E-state index in [9.17, 15) is 22.4 Å². The van der Waals surface area contributed by atoms with Crippen molar-refractivity contribution in [2.75, 3.05) is 34.5 Å². The van der Waals surface area contributed by atoms with E-state index in [1.165, 1.54) is 27.4 Å². The highest BCUT2D eigenvalue weighted by molar-refractivity contribution is 7.90. The van der Waals surface area contributed by atoms with Crippen LogP contribution in [-0.4, -0.2) is 63.6 Å². The molecule has 192 valence electrons. The maximum Gasteiger partial charge on any atom is 0.340 e. The number of nitrogens with zero attached hydrogens (tertiary/aromatic N) is 2. The van der Waals surface area contributed by atoms with E-state index >= 15 is 0 Å². The van der Waals surface area contributed by atoms with Crippen molar-refractivity contribution in [1.29, 1.82) is 0 Å². The number of amides is 1. The SMILES string of the molecule is COCCN1Cc2cc(C(=O)OC)c3c(c2C1=O)c1cc(OC)ccc1n3S(=O)(=O)c1ccc(F)cc1. The Balaban J connectivity index is 1.94. The minimum atomic E-state index is -4.36. The molecule has 0 bridgehead atoms. The van der Waals surface area contributed by atoms with Crippen LogP contribution in [0.3, 0.4) is 0 Å². The highest BCUT2D eigenvalue weighted by atomic mass is 32.2. The Morgan fingerprint density at radius 2 is 1.78 bits per heavy atom. The van der Waals surface area contributed by atoms with Crippen LogP contribution < -0.4 is 4.74 Å². The van der Waals surface area contributed by atoms with Gasteiger partial charge in [-0.1, -0.05) is 0 Å². The predicted octanol–water partition coefficient (Wildman–Crippen LogP) is 3.57. The van der Waals surface area contributed by atoms with E-state index in [1.54, 1.807) is 23.1 Å². The van der Waals surface area contributed by atoms with Crippen LogP contribution in [-0.2, 0) is 26.0 Å². The second-order valence-electron chi connectivity index (χ2n) is 8.50. The van der Waals surface area contributed by atoms with Crippen LogP contribution in [0.4, 0.5) is 4.39 Å². The Labute approximate surface area is 212 Å². The van der Waals surface area contributed by atoms with Crippen molar-refractivity contribution in [1.82, 2.24) is 8.87 Å². The van der Waals surface area contributed by atoms with Crippen molar-refractivity contribution in [3.63, 3.8) is 0 Å². The summed E-state index contributed by atoms with van der Waals surface area (Å²) in [5.74, 6) is -1.24. The van der Waals surface area contributed by atoms with E-state index in [1.807, 2.05) is 0 Å². The van der Waals surface area contributed by atoms with E-state index in [4.69, 9.17) is 14.2 Å². The molecule has 11 heteroatoms. The quantitative estimate of drug-likeness (QED) is 0.339. The molecule has 0 N–H and O–H groups in total. The highest BCUT2D eigenvalue weighted by Crippen LogP contribution is 2.42. The van der Waals surface area contributed by atoms with E-state index in [0.29, 0.717) is 40.8 Å². The van der Waals surface area contributed by atoms with Crippen molar-refractivity contribution in [2.45, 2.75) is 11.4 Å². The van der Waals surface area contributed by atoms with Gasteiger partial charge in [-0.15, -0.1) is 0 Å². The zero-order chi connectivity index (χ0) is 26.5. The maximum absolute atomic E-state index is 14.0. The zero-order valence-corrected chi connectivity index (χ0v) is 21.1. The summed E-state index contributed by atoms with van der Waals surface area (Å²) in [4.78, 5) is 27.9. The standard InChI is InChI=1S/C26H23FN2O7S/c1-34-11-10-28-14-15-12-20(26(31)36-3)24-23(22(15)25(28)30)19-13-17(35-2)6-9-21(19)29(24)37(32,33)18-7-4-16(27)5-8-18/h4-9,12-13H,10-11,14H2,1-3H3. The lowest BCUT2D eigenvalue weighted by molar-refractivity contribution is 0.0602. The number of ether oxygens (including phenoxy) is 3. The Hall–Kier alpha value is -3.96. The van der Waals surface area contributed by atoms with Gasteiger partial charge in [0.15, 0.2) is 0 Å². The molecule has 4 aromatic rings. The van der Waals surface area contributed by atoms with Crippen LogP contribution in [0.1, 0.15) is 26.3 Å². The summed E-state index contributed by atoms with van der Waals surface area (Å²) in [5, 5.41) is 0.700. The van der Waals surface area contributed by atoms with E-state index < -0.39 is 21.8 Å². The van der Waals surface area contributed by atoms with Gasteiger partial charge in [0.25, 0.3) is 15.9 Å². The molecule has 1 aliphatic rings. The third-order valence-corrected chi connectivity index (χ3v) is 8.19. The van der Waals surface area contributed by atoms with Crippen molar-refractivity contribution in [3.8, 4) is 5.75 Å². The van der Waals surface area contributed by atoms with Crippen LogP contribution in [0, 0.1) is 5.82 Å². The summed E-state index contributed by atoms with van der Waals surface area (Å²) >= 11 is 0. The van der Waals surface area contributed by atoms with Crippen LogP contribution in [0.25, 0.3) is 21.8 Å². The zero-order valence-electron chi connectivity index (χ0n) is 20.3. The number of methoxy groups -OCH3 is 3. The summed E-state index contributed by atoms with van der Waals surface area (Å²) in [5.41, 5.74) is 1.07. The average molecular weight is 527 g/mol. The Bertz CT molecular complexity index is 1680. The molecular weight excluding hydrogens is 503 g/mol. The molecule has 37 heavy (non-hydrogen) atoms. The molecule has 1 amide bonds. The minimum absolute atomic E-state index is 0.000111. The molecule has 0 fully saturated rings. The number of halogens is 1. The first-order valence-electron chi connectivity index (χ1n) is 11.3. The van der Waals surface area contributed by atoms with Gasteiger partial charge in [-0.05, 0) is 54.1 Å². The highest BCUT2D eigenvalue weighted by Gasteiger charge is 2.36. The summed E-state index contributed by atoms with van der Waals surface area (Å²) in [6.07, 6.45) is 0. The molecule has 0 unspecified atom stereocenters. The summed E-state index contributed by atoms with van der Waals surface area (Å²) in [6, 6.07) is 10.6. The molecule has 2 heterocycles. The fourth-order valence-electron chi connectivity index (χ4n) is 4.76. The maximum atomic E-state index is 14.0. The lowest BCUT2D eigenvalue weighted by Crippen LogP contribution is -2.27.